The van der Waals surface area contributed by atoms with Crippen LogP contribution in [-0.2, 0) is 11.2 Å². The van der Waals surface area contributed by atoms with Gasteiger partial charge in [-0.3, -0.25) is 9.78 Å². The summed E-state index contributed by atoms with van der Waals surface area (Å²) in [5.41, 5.74) is 1.74. The molecule has 0 spiro atoms. The van der Waals surface area contributed by atoms with Gasteiger partial charge in [0.2, 0.25) is 17.6 Å². The van der Waals surface area contributed by atoms with E-state index in [4.69, 9.17) is 4.52 Å². The van der Waals surface area contributed by atoms with Crippen LogP contribution in [0.2, 0.25) is 0 Å². The van der Waals surface area contributed by atoms with Crippen molar-refractivity contribution in [3.8, 4) is 11.4 Å². The highest BCUT2D eigenvalue weighted by Crippen LogP contribution is 2.15. The summed E-state index contributed by atoms with van der Waals surface area (Å²) in [5.74, 6) is 1.34. The third kappa shape index (κ3) is 3.76. The number of amides is 1. The summed E-state index contributed by atoms with van der Waals surface area (Å²) in [6.45, 7) is 1.89. The summed E-state index contributed by atoms with van der Waals surface area (Å²) >= 11 is 0. The summed E-state index contributed by atoms with van der Waals surface area (Å²) in [6.07, 6.45) is 5.58. The minimum atomic E-state index is -0.143. The third-order valence-corrected chi connectivity index (χ3v) is 3.24. The molecule has 0 bridgehead atoms. The second kappa shape index (κ2) is 6.78. The number of carbonyl (C=O) groups is 1. The summed E-state index contributed by atoms with van der Waals surface area (Å²) in [7, 11) is 0. The maximum atomic E-state index is 12.0. The second-order valence-corrected chi connectivity index (χ2v) is 4.96. The largest absolute Gasteiger partial charge is 0.339 e. The van der Waals surface area contributed by atoms with Crippen LogP contribution < -0.4 is 5.32 Å². The fourth-order valence-corrected chi connectivity index (χ4v) is 2.01. The number of aromatic nitrogens is 4. The monoisotopic (exact) mass is 309 g/mol. The van der Waals surface area contributed by atoms with Crippen molar-refractivity contribution in [1.82, 2.24) is 20.1 Å². The van der Waals surface area contributed by atoms with Gasteiger partial charge in [-0.2, -0.15) is 4.98 Å². The fraction of sp³-hybridized carbons (Fsp3) is 0.188. The van der Waals surface area contributed by atoms with E-state index in [2.05, 4.69) is 25.4 Å². The number of hydrogen-bond donors (Lipinski definition) is 1. The maximum Gasteiger partial charge on any atom is 0.227 e. The zero-order valence-electron chi connectivity index (χ0n) is 12.6. The van der Waals surface area contributed by atoms with E-state index in [1.165, 1.54) is 0 Å². The Hall–Kier alpha value is -3.09. The standard InChI is InChI=1S/C16H15N5O2/c1-11-3-2-8-18-15(11)19-13(22)4-5-14-20-16(21-23-14)12-6-9-17-10-7-12/h2-3,6-10H,4-5H2,1H3,(H,18,19,22). The Labute approximate surface area is 132 Å². The highest BCUT2D eigenvalue weighted by atomic mass is 16.5. The van der Waals surface area contributed by atoms with E-state index in [0.29, 0.717) is 24.0 Å². The molecule has 3 heterocycles. The van der Waals surface area contributed by atoms with E-state index in [1.807, 2.05) is 19.1 Å². The molecule has 0 fully saturated rings. The van der Waals surface area contributed by atoms with Crippen LogP contribution in [0.25, 0.3) is 11.4 Å². The Morgan fingerprint density at radius 1 is 1.22 bits per heavy atom. The van der Waals surface area contributed by atoms with Gasteiger partial charge in [0.1, 0.15) is 5.82 Å². The first kappa shape index (κ1) is 14.8. The number of nitrogens with one attached hydrogen (secondary N) is 1. The molecule has 7 heteroatoms. The maximum absolute atomic E-state index is 12.0. The van der Waals surface area contributed by atoms with Crippen molar-refractivity contribution in [3.63, 3.8) is 0 Å². The molecule has 0 aliphatic rings. The zero-order chi connectivity index (χ0) is 16.1. The molecule has 0 unspecified atom stereocenters. The number of hydrogen-bond acceptors (Lipinski definition) is 6. The van der Waals surface area contributed by atoms with E-state index < -0.39 is 0 Å². The molecule has 0 saturated heterocycles. The average Bonchev–Trinajstić information content (AvgIpc) is 3.05. The topological polar surface area (TPSA) is 93.8 Å². The van der Waals surface area contributed by atoms with Gasteiger partial charge in [-0.25, -0.2) is 4.98 Å². The van der Waals surface area contributed by atoms with Crippen molar-refractivity contribution >= 4 is 11.7 Å². The zero-order valence-corrected chi connectivity index (χ0v) is 12.6. The minimum absolute atomic E-state index is 0.143. The van der Waals surface area contributed by atoms with Crippen molar-refractivity contribution < 1.29 is 9.32 Å². The van der Waals surface area contributed by atoms with Crippen LogP contribution in [0.3, 0.4) is 0 Å². The average molecular weight is 309 g/mol. The molecule has 0 aliphatic heterocycles. The van der Waals surface area contributed by atoms with Crippen molar-refractivity contribution in [2.75, 3.05) is 5.32 Å². The Balaban J connectivity index is 1.58. The molecule has 3 aromatic rings. The van der Waals surface area contributed by atoms with E-state index in [9.17, 15) is 4.79 Å². The van der Waals surface area contributed by atoms with Crippen molar-refractivity contribution in [2.45, 2.75) is 19.8 Å². The van der Waals surface area contributed by atoms with Crippen molar-refractivity contribution in [2.24, 2.45) is 0 Å². The molecular weight excluding hydrogens is 294 g/mol. The van der Waals surface area contributed by atoms with Crippen molar-refractivity contribution in [3.05, 3.63) is 54.3 Å². The molecule has 23 heavy (non-hydrogen) atoms. The Kier molecular flexibility index (Phi) is 4.37. The lowest BCUT2D eigenvalue weighted by Gasteiger charge is -2.05. The summed E-state index contributed by atoms with van der Waals surface area (Å²) < 4.78 is 5.17. The minimum Gasteiger partial charge on any atom is -0.339 e. The van der Waals surface area contributed by atoms with Gasteiger partial charge in [-0.1, -0.05) is 11.2 Å². The molecule has 0 aliphatic carbocycles. The van der Waals surface area contributed by atoms with Gasteiger partial charge >= 0.3 is 0 Å². The first-order chi connectivity index (χ1) is 11.2. The fourth-order valence-electron chi connectivity index (χ4n) is 2.01. The van der Waals surface area contributed by atoms with Gasteiger partial charge < -0.3 is 9.84 Å². The molecule has 0 saturated carbocycles. The van der Waals surface area contributed by atoms with Crippen LogP contribution in [0.4, 0.5) is 5.82 Å². The van der Waals surface area contributed by atoms with Crippen LogP contribution >= 0.6 is 0 Å². The van der Waals surface area contributed by atoms with Crippen molar-refractivity contribution in [1.29, 1.82) is 0 Å². The molecule has 3 aromatic heterocycles. The number of anilines is 1. The van der Waals surface area contributed by atoms with E-state index >= 15 is 0 Å². The number of rotatable bonds is 5. The lowest BCUT2D eigenvalue weighted by Crippen LogP contribution is -2.14. The van der Waals surface area contributed by atoms with Gasteiger partial charge in [-0.15, -0.1) is 0 Å². The van der Waals surface area contributed by atoms with Crippen LogP contribution in [-0.4, -0.2) is 26.0 Å². The van der Waals surface area contributed by atoms with Crippen LogP contribution in [0.15, 0.2) is 47.4 Å². The van der Waals surface area contributed by atoms with Gasteiger partial charge in [0.05, 0.1) is 0 Å². The SMILES string of the molecule is Cc1cccnc1NC(=O)CCc1nc(-c2ccncc2)no1. The van der Waals surface area contributed by atoms with Gasteiger partial charge in [0, 0.05) is 37.0 Å². The second-order valence-electron chi connectivity index (χ2n) is 4.96. The smallest absolute Gasteiger partial charge is 0.227 e. The van der Waals surface area contributed by atoms with Crippen LogP contribution in [0.5, 0.6) is 0 Å². The predicted molar refractivity (Wildman–Crippen MR) is 83.5 cm³/mol. The van der Waals surface area contributed by atoms with Crippen LogP contribution in [0, 0.1) is 6.92 Å². The molecule has 0 atom stereocenters. The molecule has 0 radical (unpaired) electrons. The van der Waals surface area contributed by atoms with Gasteiger partial charge in [0.25, 0.3) is 0 Å². The first-order valence-corrected chi connectivity index (χ1v) is 7.17. The Morgan fingerprint density at radius 2 is 2.04 bits per heavy atom. The van der Waals surface area contributed by atoms with Gasteiger partial charge in [0.15, 0.2) is 0 Å². The number of pyridine rings is 2. The molecule has 3 rings (SSSR count). The lowest BCUT2D eigenvalue weighted by molar-refractivity contribution is -0.116. The van der Waals surface area contributed by atoms with E-state index in [-0.39, 0.29) is 12.3 Å². The first-order valence-electron chi connectivity index (χ1n) is 7.17. The number of carbonyl (C=O) groups excluding carboxylic acids is 1. The van der Waals surface area contributed by atoms with Gasteiger partial charge in [-0.05, 0) is 30.7 Å². The molecular formula is C16H15N5O2. The number of aryl methyl sites for hydroxylation is 2. The van der Waals surface area contributed by atoms with E-state index in [0.717, 1.165) is 11.1 Å². The predicted octanol–water partition coefficient (Wildman–Crippen LogP) is 2.41. The van der Waals surface area contributed by atoms with E-state index in [1.54, 1.807) is 30.7 Å². The lowest BCUT2D eigenvalue weighted by atomic mass is 10.2. The van der Waals surface area contributed by atoms with Crippen LogP contribution in [0.1, 0.15) is 17.9 Å². The summed E-state index contributed by atoms with van der Waals surface area (Å²) in [5, 5.41) is 6.68. The third-order valence-electron chi connectivity index (χ3n) is 3.24. The molecule has 7 nitrogen and oxygen atoms in total. The Bertz CT molecular complexity index is 801. The molecule has 1 N–H and O–H groups in total. The highest BCUT2D eigenvalue weighted by Gasteiger charge is 2.11. The normalized spacial score (nSPS) is 10.5. The number of nitrogens with zero attached hydrogens (tertiary/aromatic N) is 4. The highest BCUT2D eigenvalue weighted by molar-refractivity contribution is 5.90. The quantitative estimate of drug-likeness (QED) is 0.778. The Morgan fingerprint density at radius 3 is 2.83 bits per heavy atom. The summed E-state index contributed by atoms with van der Waals surface area (Å²) in [6, 6.07) is 7.31. The molecule has 1 amide bonds. The molecule has 0 aromatic carbocycles. The molecule has 116 valence electrons. The summed E-state index contributed by atoms with van der Waals surface area (Å²) in [4.78, 5) is 24.3.